The molecule has 12 heteroatoms. The molecule has 3 aromatic rings. The molecule has 3 N–H and O–H groups in total. The molecule has 3 heterocycles. The number of aromatic amines is 1. The van der Waals surface area contributed by atoms with Crippen LogP contribution < -0.4 is 21.3 Å². The quantitative estimate of drug-likeness (QED) is 0.449. The van der Waals surface area contributed by atoms with Gasteiger partial charge in [0.15, 0.2) is 12.4 Å². The number of halogens is 3. The number of aliphatic hydroxyl groups is 1. The van der Waals surface area contributed by atoms with Crippen molar-refractivity contribution < 1.29 is 23.8 Å². The molecule has 0 saturated carbocycles. The number of carbonyl (C=O) groups is 1. The van der Waals surface area contributed by atoms with Crippen molar-refractivity contribution in [1.82, 2.24) is 14.9 Å². The molecule has 1 amide bonds. The van der Waals surface area contributed by atoms with Crippen LogP contribution in [0.4, 0.5) is 4.39 Å². The number of nitrogens with zero attached hydrogens (tertiary/aromatic N) is 1. The normalized spacial score (nSPS) is 22.7. The summed E-state index contributed by atoms with van der Waals surface area (Å²) in [5.74, 6) is -0.422. The highest BCUT2D eigenvalue weighted by molar-refractivity contribution is 6.31. The average molecular weight is 550 g/mol. The van der Waals surface area contributed by atoms with Crippen LogP contribution in [0.15, 0.2) is 52.2 Å². The maximum absolute atomic E-state index is 15.0. The van der Waals surface area contributed by atoms with E-state index in [2.05, 4.69) is 10.3 Å². The number of alkyl halides is 1. The number of amides is 1. The number of ether oxygens (including phenoxy) is 2. The molecule has 37 heavy (non-hydrogen) atoms. The van der Waals surface area contributed by atoms with Gasteiger partial charge in [-0.2, -0.15) is 0 Å². The number of fused-ring (bicyclic) bond motifs is 2. The van der Waals surface area contributed by atoms with Gasteiger partial charge in [-0.15, -0.1) is 0 Å². The third-order valence-electron chi connectivity index (χ3n) is 6.52. The fourth-order valence-corrected chi connectivity index (χ4v) is 4.97. The van der Waals surface area contributed by atoms with Gasteiger partial charge in [0.05, 0.1) is 5.92 Å². The Labute approximate surface area is 219 Å². The first-order valence-electron chi connectivity index (χ1n) is 11.5. The molecule has 2 aliphatic heterocycles. The zero-order valence-electron chi connectivity index (χ0n) is 19.4. The van der Waals surface area contributed by atoms with Gasteiger partial charge in [-0.1, -0.05) is 30.1 Å². The first kappa shape index (κ1) is 25.5. The van der Waals surface area contributed by atoms with Crippen LogP contribution in [0.3, 0.4) is 0 Å². The highest BCUT2D eigenvalue weighted by Gasteiger charge is 2.46. The van der Waals surface area contributed by atoms with E-state index in [1.807, 2.05) is 0 Å². The van der Waals surface area contributed by atoms with E-state index in [4.69, 9.17) is 32.7 Å². The van der Waals surface area contributed by atoms with Crippen molar-refractivity contribution in [2.75, 3.05) is 6.54 Å². The largest absolute Gasteiger partial charge is 0.457 e. The second kappa shape index (κ2) is 9.94. The number of aryl methyl sites for hydroxylation is 1. The highest BCUT2D eigenvalue weighted by Crippen LogP contribution is 2.46. The van der Waals surface area contributed by atoms with Gasteiger partial charge in [0, 0.05) is 39.5 Å². The minimum Gasteiger partial charge on any atom is -0.457 e. The van der Waals surface area contributed by atoms with E-state index >= 15 is 4.39 Å². The van der Waals surface area contributed by atoms with E-state index in [9.17, 15) is 19.5 Å². The Hall–Kier alpha value is -3.18. The maximum atomic E-state index is 15.0. The summed E-state index contributed by atoms with van der Waals surface area (Å²) in [6, 6.07) is 9.83. The van der Waals surface area contributed by atoms with Crippen molar-refractivity contribution >= 4 is 29.1 Å². The minimum absolute atomic E-state index is 0.251. The Morgan fingerprint density at radius 2 is 1.76 bits per heavy atom. The van der Waals surface area contributed by atoms with E-state index in [1.54, 1.807) is 43.3 Å². The first-order chi connectivity index (χ1) is 17.7. The van der Waals surface area contributed by atoms with Crippen molar-refractivity contribution in [2.24, 2.45) is 0 Å². The van der Waals surface area contributed by atoms with Crippen LogP contribution in [0.2, 0.25) is 10.0 Å². The van der Waals surface area contributed by atoms with E-state index in [-0.39, 0.29) is 12.1 Å². The van der Waals surface area contributed by atoms with Crippen LogP contribution in [0.25, 0.3) is 0 Å². The number of aliphatic hydroxyl groups excluding tert-OH is 1. The van der Waals surface area contributed by atoms with Crippen LogP contribution in [-0.4, -0.2) is 45.5 Å². The SMILES string of the molecule is CCc1cn([C@@H]2O[C@H](CNC(=O)C3c4cc(Cl)ccc4Oc4ccc(Cl)cc43)[C@@H](O)[C@H]2F)c(=O)[nH]c1=O. The van der Waals surface area contributed by atoms with Crippen molar-refractivity contribution in [3.05, 3.63) is 90.2 Å². The van der Waals surface area contributed by atoms with Crippen molar-refractivity contribution in [2.45, 2.75) is 43.9 Å². The number of aromatic nitrogens is 2. The first-order valence-corrected chi connectivity index (χ1v) is 12.3. The smallest absolute Gasteiger partial charge is 0.330 e. The molecular weight excluding hydrogens is 528 g/mol. The van der Waals surface area contributed by atoms with Crippen molar-refractivity contribution in [3.63, 3.8) is 0 Å². The van der Waals surface area contributed by atoms with Crippen molar-refractivity contribution in [1.29, 1.82) is 0 Å². The molecule has 0 spiro atoms. The van der Waals surface area contributed by atoms with Gasteiger partial charge < -0.3 is 19.9 Å². The molecule has 2 aromatic carbocycles. The molecule has 0 unspecified atom stereocenters. The summed E-state index contributed by atoms with van der Waals surface area (Å²) in [6.45, 7) is 1.46. The van der Waals surface area contributed by atoms with Gasteiger partial charge in [-0.25, -0.2) is 9.18 Å². The Balaban J connectivity index is 1.38. The van der Waals surface area contributed by atoms with Gasteiger partial charge in [0.25, 0.3) is 5.56 Å². The maximum Gasteiger partial charge on any atom is 0.330 e. The van der Waals surface area contributed by atoms with Gasteiger partial charge in [-0.05, 0) is 42.8 Å². The minimum atomic E-state index is -1.97. The molecule has 1 fully saturated rings. The number of hydrogen-bond acceptors (Lipinski definition) is 6. The van der Waals surface area contributed by atoms with Gasteiger partial charge in [0.2, 0.25) is 5.91 Å². The predicted molar refractivity (Wildman–Crippen MR) is 133 cm³/mol. The molecule has 1 aromatic heterocycles. The van der Waals surface area contributed by atoms with Crippen LogP contribution in [-0.2, 0) is 16.0 Å². The number of rotatable bonds is 5. The standard InChI is InChI=1S/C25H22Cl2FN3O6/c1-2-11-10-31(25(35)30-22(11)33)24-20(28)21(32)18(37-24)9-29-23(34)19-14-7-12(26)3-5-16(14)36-17-6-4-13(27)8-15(17)19/h3-8,10,18-21,24,32H,2,9H2,1H3,(H,29,34)(H,30,33,35)/t18-,20-,21-,24-/m1/s1. The van der Waals surface area contributed by atoms with Crippen LogP contribution >= 0.6 is 23.2 Å². The zero-order chi connectivity index (χ0) is 26.4. The number of H-pyrrole nitrogens is 1. The molecule has 0 radical (unpaired) electrons. The van der Waals surface area contributed by atoms with Crippen LogP contribution in [0.5, 0.6) is 11.5 Å². The van der Waals surface area contributed by atoms with Gasteiger partial charge >= 0.3 is 5.69 Å². The fraction of sp³-hybridized carbons (Fsp3) is 0.320. The summed E-state index contributed by atoms with van der Waals surface area (Å²) in [6.07, 6.45) is -4.72. The van der Waals surface area contributed by atoms with E-state index < -0.39 is 47.7 Å². The molecule has 0 aliphatic carbocycles. The second-order valence-electron chi connectivity index (χ2n) is 8.82. The van der Waals surface area contributed by atoms with Crippen LogP contribution in [0.1, 0.15) is 35.8 Å². The average Bonchev–Trinajstić information content (AvgIpc) is 3.14. The summed E-state index contributed by atoms with van der Waals surface area (Å²) < 4.78 is 27.5. The number of carbonyl (C=O) groups excluding carboxylic acids is 1. The molecular formula is C25H22Cl2FN3O6. The van der Waals surface area contributed by atoms with E-state index in [0.717, 1.165) is 4.57 Å². The third-order valence-corrected chi connectivity index (χ3v) is 6.99. The number of hydrogen-bond donors (Lipinski definition) is 3. The van der Waals surface area contributed by atoms with Crippen LogP contribution in [0, 0.1) is 0 Å². The fourth-order valence-electron chi connectivity index (χ4n) is 4.61. The lowest BCUT2D eigenvalue weighted by atomic mass is 9.87. The molecule has 9 nitrogen and oxygen atoms in total. The summed E-state index contributed by atoms with van der Waals surface area (Å²) in [7, 11) is 0. The van der Waals surface area contributed by atoms with E-state index in [1.165, 1.54) is 6.20 Å². The second-order valence-corrected chi connectivity index (χ2v) is 9.69. The highest BCUT2D eigenvalue weighted by atomic mass is 35.5. The predicted octanol–water partition coefficient (Wildman–Crippen LogP) is 3.06. The zero-order valence-corrected chi connectivity index (χ0v) is 20.9. The number of nitrogens with one attached hydrogen (secondary N) is 2. The van der Waals surface area contributed by atoms with Gasteiger partial charge in [0.1, 0.15) is 23.7 Å². The summed E-state index contributed by atoms with van der Waals surface area (Å²) in [5.41, 5.74) is -0.146. The summed E-state index contributed by atoms with van der Waals surface area (Å²) in [4.78, 5) is 39.7. The Morgan fingerprint density at radius 3 is 2.35 bits per heavy atom. The van der Waals surface area contributed by atoms with Crippen molar-refractivity contribution in [3.8, 4) is 11.5 Å². The lowest BCUT2D eigenvalue weighted by molar-refractivity contribution is -0.123. The molecule has 2 aliphatic rings. The molecule has 4 atom stereocenters. The lowest BCUT2D eigenvalue weighted by Gasteiger charge is -2.28. The monoisotopic (exact) mass is 549 g/mol. The summed E-state index contributed by atoms with van der Waals surface area (Å²) >= 11 is 12.4. The topological polar surface area (TPSA) is 123 Å². The number of benzene rings is 2. The molecule has 194 valence electrons. The molecule has 0 bridgehead atoms. The Kier molecular flexibility index (Phi) is 6.84. The lowest BCUT2D eigenvalue weighted by Crippen LogP contribution is -2.41. The third kappa shape index (κ3) is 4.66. The Bertz CT molecular complexity index is 1440. The van der Waals surface area contributed by atoms with E-state index in [0.29, 0.717) is 39.1 Å². The Morgan fingerprint density at radius 1 is 1.14 bits per heavy atom. The molecule has 5 rings (SSSR count). The summed E-state index contributed by atoms with van der Waals surface area (Å²) in [5, 5.41) is 14.0. The molecule has 1 saturated heterocycles. The van der Waals surface area contributed by atoms with Gasteiger partial charge in [-0.3, -0.25) is 19.1 Å².